The van der Waals surface area contributed by atoms with E-state index in [1.807, 2.05) is 46.6 Å². The van der Waals surface area contributed by atoms with E-state index in [0.29, 0.717) is 81.0 Å². The normalized spacial score (nSPS) is 15.6. The molecule has 3 amide bonds. The predicted molar refractivity (Wildman–Crippen MR) is 306 cm³/mol. The fourth-order valence-electron chi connectivity index (χ4n) is 7.71. The Labute approximate surface area is 488 Å². The van der Waals surface area contributed by atoms with Crippen LogP contribution >= 0.6 is 7.82 Å². The largest absolute Gasteiger partial charge is 0.481 e. The molecule has 0 spiro atoms. The van der Waals surface area contributed by atoms with Crippen molar-refractivity contribution in [3.05, 3.63) is 11.4 Å². The molecule has 2 aliphatic carbocycles. The standard InChI is InChI=1S/C61H72N7O14P/c1-8-9-10-11-12-13-14-15-16-17-18-19-20-21-22-23-24-25-28-31-56(69)63-54(48-82-83(75,76)81-42-39-68(5,6)7)59(73)64-53(30-27-26-29-32-57(70)71)58(72)62-37-40-77-43-45-79-46-44-78-41-38-67-55-36-34-50-49(33-35-52(55)65-66-67)51(50)47-80-60(74)61(2,3)4/h49-51,53-54H,26-27,29-30,32-48H2,1-7H3,(H4-,62,63,64,69,70,71,72,73,75,76)/p+1. The number of aryl methyl sites for hydroxylation is 1. The maximum atomic E-state index is 13.8. The molecule has 0 aromatic carbocycles. The number of aliphatic carboxylic acids is 1. The molecule has 6 unspecified atom stereocenters. The number of carboxylic acids is 1. The van der Waals surface area contributed by atoms with Gasteiger partial charge in [0, 0.05) is 30.7 Å². The number of carbonyl (C=O) groups excluding carboxylic acids is 4. The van der Waals surface area contributed by atoms with Crippen LogP contribution in [0.25, 0.3) is 0 Å². The number of aromatic nitrogens is 3. The van der Waals surface area contributed by atoms with E-state index in [2.05, 4.69) is 145 Å². The van der Waals surface area contributed by atoms with Crippen molar-refractivity contribution >= 4 is 37.5 Å². The van der Waals surface area contributed by atoms with Gasteiger partial charge in [0.1, 0.15) is 25.2 Å². The van der Waals surface area contributed by atoms with Crippen LogP contribution in [0, 0.1) is 142 Å². The first-order valence-corrected chi connectivity index (χ1v) is 28.5. The summed E-state index contributed by atoms with van der Waals surface area (Å²) in [6.07, 6.45) is 4.79. The molecule has 1 aromatic rings. The van der Waals surface area contributed by atoms with Gasteiger partial charge >= 0.3 is 19.8 Å². The molecule has 5 N–H and O–H groups in total. The minimum atomic E-state index is -4.74. The SMILES string of the molecule is CC#CC#CC#CC#CC#CC#CC#CC#CC#CC#CC(=O)NC(COP(=O)(O)OCC[N+](C)(C)C)C(=O)NC(CCCCCC(=O)O)C(=O)NCCOCCOCCOCCn1nnc2c1CCC1C(CC2)C1COC(=O)C(C)(C)C. The van der Waals surface area contributed by atoms with Gasteiger partial charge in [-0.15, -0.1) is 5.10 Å². The monoisotopic (exact) mass is 1160 g/mol. The Morgan fingerprint density at radius 1 is 0.699 bits per heavy atom. The number of hydrogen-bond acceptors (Lipinski definition) is 14. The summed E-state index contributed by atoms with van der Waals surface area (Å²) >= 11 is 0. The van der Waals surface area contributed by atoms with Gasteiger partial charge in [-0.25, -0.2) is 9.25 Å². The number of quaternary nitrogens is 1. The summed E-state index contributed by atoms with van der Waals surface area (Å²) in [7, 11) is 0.787. The maximum Gasteiger partial charge on any atom is 0.472 e. The molecule has 440 valence electrons. The van der Waals surface area contributed by atoms with Crippen molar-refractivity contribution in [2.24, 2.45) is 23.2 Å². The van der Waals surface area contributed by atoms with Crippen LogP contribution in [0.1, 0.15) is 84.0 Å². The topological polar surface area (TPSA) is 265 Å². The van der Waals surface area contributed by atoms with E-state index >= 15 is 0 Å². The fourth-order valence-corrected chi connectivity index (χ4v) is 8.43. The number of nitrogens with one attached hydrogen (secondary N) is 3. The highest BCUT2D eigenvalue weighted by atomic mass is 31.2. The Balaban J connectivity index is 1.48. The molecular formula is C61H73N7O14P+. The molecule has 1 fully saturated rings. The van der Waals surface area contributed by atoms with E-state index < -0.39 is 55.6 Å². The average molecular weight is 1160 g/mol. The molecular weight excluding hydrogens is 1090 g/mol. The van der Waals surface area contributed by atoms with E-state index in [0.717, 1.165) is 37.1 Å². The van der Waals surface area contributed by atoms with Crippen molar-refractivity contribution in [2.75, 3.05) is 93.7 Å². The zero-order chi connectivity index (χ0) is 60.8. The lowest BCUT2D eigenvalue weighted by Gasteiger charge is -2.25. The maximum absolute atomic E-state index is 13.8. The smallest absolute Gasteiger partial charge is 0.472 e. The van der Waals surface area contributed by atoms with E-state index in [-0.39, 0.29) is 51.8 Å². The van der Waals surface area contributed by atoms with Gasteiger partial charge in [0.2, 0.25) is 11.8 Å². The lowest BCUT2D eigenvalue weighted by molar-refractivity contribution is -0.870. The van der Waals surface area contributed by atoms with Crippen molar-refractivity contribution in [1.82, 2.24) is 30.9 Å². The minimum absolute atomic E-state index is 0.0488. The molecule has 83 heavy (non-hydrogen) atoms. The Morgan fingerprint density at radius 3 is 1.82 bits per heavy atom. The number of rotatable bonds is 31. The van der Waals surface area contributed by atoms with Crippen molar-refractivity contribution < 1.29 is 71.0 Å². The molecule has 1 saturated carbocycles. The van der Waals surface area contributed by atoms with Crippen LogP contribution in [-0.2, 0) is 75.9 Å². The fraction of sp³-hybridized carbons (Fsp3) is 0.557. The number of unbranched alkanes of at least 4 members (excludes halogenated alkanes) is 2. The zero-order valence-corrected chi connectivity index (χ0v) is 49.2. The van der Waals surface area contributed by atoms with Gasteiger partial charge in [0.05, 0.1) is 97.3 Å². The first-order chi connectivity index (χ1) is 39.7. The van der Waals surface area contributed by atoms with E-state index in [1.54, 1.807) is 6.92 Å². The number of amides is 3. The number of hydrogen-bond donors (Lipinski definition) is 5. The molecule has 0 radical (unpaired) electrons. The number of likely N-dealkylation sites (N-methyl/N-ethyl adjacent to an activating group) is 1. The number of carbonyl (C=O) groups is 5. The lowest BCUT2D eigenvalue weighted by atomic mass is 9.97. The third-order valence-electron chi connectivity index (χ3n) is 12.0. The summed E-state index contributed by atoms with van der Waals surface area (Å²) in [5.41, 5.74) is 1.64. The molecule has 0 saturated heterocycles. The minimum Gasteiger partial charge on any atom is -0.481 e. The van der Waals surface area contributed by atoms with Crippen molar-refractivity contribution in [2.45, 2.75) is 104 Å². The van der Waals surface area contributed by atoms with Gasteiger partial charge in [-0.2, -0.15) is 0 Å². The highest BCUT2D eigenvalue weighted by Gasteiger charge is 2.50. The van der Waals surface area contributed by atoms with Gasteiger partial charge in [-0.1, -0.05) is 24.0 Å². The number of fused-ring (bicyclic) bond motifs is 2. The second-order valence-electron chi connectivity index (χ2n) is 20.6. The highest BCUT2D eigenvalue weighted by Crippen LogP contribution is 2.53. The average Bonchev–Trinajstić information content (AvgIpc) is 2.14. The van der Waals surface area contributed by atoms with Crippen LogP contribution in [0.2, 0.25) is 0 Å². The molecule has 1 heterocycles. The van der Waals surface area contributed by atoms with Gasteiger partial charge < -0.3 is 49.4 Å². The predicted octanol–water partition coefficient (Wildman–Crippen LogP) is 1.67. The van der Waals surface area contributed by atoms with Gasteiger partial charge in [0.25, 0.3) is 5.91 Å². The second-order valence-corrected chi connectivity index (χ2v) is 22.0. The van der Waals surface area contributed by atoms with E-state index in [1.165, 1.54) is 0 Å². The first-order valence-electron chi connectivity index (χ1n) is 27.0. The van der Waals surface area contributed by atoms with Gasteiger partial charge in [-0.3, -0.25) is 33.0 Å². The van der Waals surface area contributed by atoms with E-state index in [9.17, 15) is 33.4 Å². The quantitative estimate of drug-likeness (QED) is 0.0233. The summed E-state index contributed by atoms with van der Waals surface area (Å²) in [5.74, 6) is 46.7. The molecule has 3 rings (SSSR count). The van der Waals surface area contributed by atoms with Crippen LogP contribution in [0.15, 0.2) is 0 Å². The lowest BCUT2D eigenvalue weighted by Crippen LogP contribution is -2.55. The van der Waals surface area contributed by atoms with Crippen molar-refractivity contribution in [1.29, 1.82) is 0 Å². The molecule has 0 aliphatic heterocycles. The summed E-state index contributed by atoms with van der Waals surface area (Å²) in [6.45, 7) is 9.31. The van der Waals surface area contributed by atoms with Gasteiger partial charge in [0.15, 0.2) is 0 Å². The van der Waals surface area contributed by atoms with Crippen LogP contribution in [0.4, 0.5) is 0 Å². The second kappa shape index (κ2) is 38.7. The number of nitrogens with zero attached hydrogens (tertiary/aromatic N) is 4. The Morgan fingerprint density at radius 2 is 1.25 bits per heavy atom. The molecule has 2 aliphatic rings. The highest BCUT2D eigenvalue weighted by molar-refractivity contribution is 7.47. The Kier molecular flexibility index (Phi) is 32.3. The molecule has 22 heteroatoms. The molecule has 6 atom stereocenters. The summed E-state index contributed by atoms with van der Waals surface area (Å²) < 4.78 is 48.0. The molecule has 0 bridgehead atoms. The number of phosphoric acid groups is 1. The number of carboxylic acid groups (broad SMARTS) is 1. The number of ether oxygens (including phenoxy) is 4. The van der Waals surface area contributed by atoms with Crippen LogP contribution in [-0.4, -0.2) is 165 Å². The van der Waals surface area contributed by atoms with Crippen molar-refractivity contribution in [3.8, 4) is 118 Å². The van der Waals surface area contributed by atoms with Crippen LogP contribution in [0.3, 0.4) is 0 Å². The van der Waals surface area contributed by atoms with E-state index in [4.69, 9.17) is 33.1 Å². The van der Waals surface area contributed by atoms with Crippen LogP contribution in [0.5, 0.6) is 0 Å². The number of phosphoric ester groups is 1. The van der Waals surface area contributed by atoms with Crippen LogP contribution < -0.4 is 16.0 Å². The summed E-state index contributed by atoms with van der Waals surface area (Å²) in [5, 5.41) is 25.5. The first kappa shape index (κ1) is 69.3. The third-order valence-corrected chi connectivity index (χ3v) is 13.0. The Bertz CT molecular complexity index is 3110. The molecule has 1 aromatic heterocycles. The molecule has 21 nitrogen and oxygen atoms in total. The number of esters is 1. The van der Waals surface area contributed by atoms with Gasteiger partial charge in [-0.05, 0) is 179 Å². The summed E-state index contributed by atoms with van der Waals surface area (Å²) in [4.78, 5) is 74.0. The summed E-state index contributed by atoms with van der Waals surface area (Å²) in [6, 6.07) is -2.85. The van der Waals surface area contributed by atoms with Crippen molar-refractivity contribution in [3.63, 3.8) is 0 Å². The Hall–Kier alpha value is -7.96. The zero-order valence-electron chi connectivity index (χ0n) is 48.3. The third kappa shape index (κ3) is 31.7.